The molecule has 0 radical (unpaired) electrons. The van der Waals surface area contributed by atoms with Gasteiger partial charge in [0.15, 0.2) is 0 Å². The van der Waals surface area contributed by atoms with Crippen LogP contribution in [0.25, 0.3) is 0 Å². The maximum atomic E-state index is 12.6. The van der Waals surface area contributed by atoms with Gasteiger partial charge in [-0.2, -0.15) is 4.31 Å². The molecule has 26 heavy (non-hydrogen) atoms. The highest BCUT2D eigenvalue weighted by Crippen LogP contribution is 2.20. The zero-order chi connectivity index (χ0) is 18.6. The molecule has 1 aromatic carbocycles. The Balaban J connectivity index is 1.59. The highest BCUT2D eigenvalue weighted by Gasteiger charge is 2.26. The van der Waals surface area contributed by atoms with Gasteiger partial charge in [0.2, 0.25) is 15.9 Å². The van der Waals surface area contributed by atoms with Gasteiger partial charge < -0.3 is 10.2 Å². The Bertz CT molecular complexity index is 749. The van der Waals surface area contributed by atoms with Crippen molar-refractivity contribution < 1.29 is 18.0 Å². The summed E-state index contributed by atoms with van der Waals surface area (Å²) in [5.74, 6) is -0.459. The first kappa shape index (κ1) is 18.8. The molecule has 0 aliphatic carbocycles. The van der Waals surface area contributed by atoms with E-state index in [1.54, 1.807) is 4.90 Å². The highest BCUT2D eigenvalue weighted by atomic mass is 32.2. The van der Waals surface area contributed by atoms with Crippen molar-refractivity contribution in [2.45, 2.75) is 37.0 Å². The highest BCUT2D eigenvalue weighted by molar-refractivity contribution is 7.89. The Morgan fingerprint density at radius 3 is 2.08 bits per heavy atom. The summed E-state index contributed by atoms with van der Waals surface area (Å²) in [6.45, 7) is 2.55. The van der Waals surface area contributed by atoms with Crippen LogP contribution in [0.2, 0.25) is 0 Å². The molecular formula is C18H25N3O4S. The van der Waals surface area contributed by atoms with Gasteiger partial charge in [0, 0.05) is 31.7 Å². The van der Waals surface area contributed by atoms with Crippen molar-refractivity contribution >= 4 is 21.8 Å². The molecule has 2 aliphatic rings. The lowest BCUT2D eigenvalue weighted by Gasteiger charge is -2.25. The molecule has 0 atom stereocenters. The van der Waals surface area contributed by atoms with Crippen LogP contribution < -0.4 is 5.32 Å². The summed E-state index contributed by atoms with van der Waals surface area (Å²) in [5, 5.41) is 2.61. The molecule has 0 spiro atoms. The molecule has 0 aromatic heterocycles. The number of benzene rings is 1. The fourth-order valence-corrected chi connectivity index (χ4v) is 4.89. The van der Waals surface area contributed by atoms with Crippen molar-refractivity contribution in [1.29, 1.82) is 0 Å². The lowest BCUT2D eigenvalue weighted by Crippen LogP contribution is -2.38. The van der Waals surface area contributed by atoms with Crippen molar-refractivity contribution in [2.24, 2.45) is 0 Å². The Morgan fingerprint density at radius 2 is 1.46 bits per heavy atom. The van der Waals surface area contributed by atoms with E-state index in [1.165, 1.54) is 28.6 Å². The van der Waals surface area contributed by atoms with Crippen molar-refractivity contribution in [3.8, 4) is 0 Å². The van der Waals surface area contributed by atoms with E-state index in [1.807, 2.05) is 0 Å². The average molecular weight is 379 g/mol. The van der Waals surface area contributed by atoms with E-state index in [4.69, 9.17) is 0 Å². The molecular weight excluding hydrogens is 354 g/mol. The molecule has 2 amide bonds. The third-order valence-electron chi connectivity index (χ3n) is 4.93. The zero-order valence-corrected chi connectivity index (χ0v) is 15.6. The van der Waals surface area contributed by atoms with Crippen LogP contribution in [0.15, 0.2) is 29.2 Å². The number of likely N-dealkylation sites (tertiary alicyclic amines) is 1. The number of piperidine rings is 1. The zero-order valence-electron chi connectivity index (χ0n) is 14.8. The fourth-order valence-electron chi connectivity index (χ4n) is 3.37. The third kappa shape index (κ3) is 4.24. The topological polar surface area (TPSA) is 86.8 Å². The number of amides is 2. The number of rotatable bonds is 5. The minimum atomic E-state index is -3.50. The molecule has 1 aromatic rings. The van der Waals surface area contributed by atoms with Gasteiger partial charge in [-0.25, -0.2) is 8.42 Å². The Kier molecular flexibility index (Phi) is 5.93. The number of nitrogens with zero attached hydrogens (tertiary/aromatic N) is 2. The second-order valence-electron chi connectivity index (χ2n) is 6.76. The maximum Gasteiger partial charge on any atom is 0.251 e. The van der Waals surface area contributed by atoms with E-state index in [0.717, 1.165) is 45.2 Å². The first-order chi connectivity index (χ1) is 12.5. The molecule has 2 aliphatic heterocycles. The largest absolute Gasteiger partial charge is 0.343 e. The fraction of sp³-hybridized carbons (Fsp3) is 0.556. The lowest BCUT2D eigenvalue weighted by atomic mass is 10.2. The van der Waals surface area contributed by atoms with Crippen LogP contribution >= 0.6 is 0 Å². The van der Waals surface area contributed by atoms with Crippen LogP contribution in [0.3, 0.4) is 0 Å². The van der Waals surface area contributed by atoms with Gasteiger partial charge in [0.25, 0.3) is 5.91 Å². The quantitative estimate of drug-likeness (QED) is 0.833. The normalized spacial score (nSPS) is 18.7. The van der Waals surface area contributed by atoms with E-state index in [0.29, 0.717) is 18.7 Å². The summed E-state index contributed by atoms with van der Waals surface area (Å²) in [6, 6.07) is 5.90. The van der Waals surface area contributed by atoms with E-state index < -0.39 is 10.0 Å². The molecule has 2 heterocycles. The smallest absolute Gasteiger partial charge is 0.251 e. The summed E-state index contributed by atoms with van der Waals surface area (Å²) in [5.41, 5.74) is 0.344. The number of carbonyl (C=O) groups is 2. The van der Waals surface area contributed by atoms with Crippen LogP contribution in [-0.2, 0) is 14.8 Å². The Hall–Kier alpha value is -1.93. The average Bonchev–Trinajstić information content (AvgIpc) is 3.21. The number of sulfonamides is 1. The van der Waals surface area contributed by atoms with E-state index in [-0.39, 0.29) is 23.3 Å². The number of nitrogens with one attached hydrogen (secondary N) is 1. The molecule has 0 saturated carbocycles. The second-order valence-corrected chi connectivity index (χ2v) is 8.70. The van der Waals surface area contributed by atoms with Gasteiger partial charge in [-0.1, -0.05) is 6.42 Å². The van der Waals surface area contributed by atoms with Crippen molar-refractivity contribution in [3.05, 3.63) is 29.8 Å². The number of carbonyl (C=O) groups excluding carboxylic acids is 2. The second kappa shape index (κ2) is 8.18. The van der Waals surface area contributed by atoms with Crippen LogP contribution in [-0.4, -0.2) is 62.2 Å². The molecule has 0 bridgehead atoms. The molecule has 2 fully saturated rings. The van der Waals surface area contributed by atoms with Gasteiger partial charge in [-0.3, -0.25) is 9.59 Å². The molecule has 1 N–H and O–H groups in total. The van der Waals surface area contributed by atoms with E-state index >= 15 is 0 Å². The van der Waals surface area contributed by atoms with Gasteiger partial charge >= 0.3 is 0 Å². The Morgan fingerprint density at radius 1 is 0.885 bits per heavy atom. The lowest BCUT2D eigenvalue weighted by molar-refractivity contribution is -0.129. The van der Waals surface area contributed by atoms with E-state index in [9.17, 15) is 18.0 Å². The SMILES string of the molecule is O=C(NCC(=O)N1CCCC1)c1ccc(S(=O)(=O)N2CCCCC2)cc1. The molecule has 7 nitrogen and oxygen atoms in total. The molecule has 3 rings (SSSR count). The molecule has 2 saturated heterocycles. The summed E-state index contributed by atoms with van der Waals surface area (Å²) >= 11 is 0. The van der Waals surface area contributed by atoms with Gasteiger partial charge in [-0.15, -0.1) is 0 Å². The first-order valence-electron chi connectivity index (χ1n) is 9.15. The van der Waals surface area contributed by atoms with Crippen LogP contribution in [0.4, 0.5) is 0 Å². The predicted molar refractivity (Wildman–Crippen MR) is 97.2 cm³/mol. The summed E-state index contributed by atoms with van der Waals surface area (Å²) in [6.07, 6.45) is 4.83. The Labute approximate surface area is 154 Å². The van der Waals surface area contributed by atoms with Crippen LogP contribution in [0, 0.1) is 0 Å². The molecule has 0 unspecified atom stereocenters. The van der Waals surface area contributed by atoms with Crippen LogP contribution in [0.5, 0.6) is 0 Å². The van der Waals surface area contributed by atoms with E-state index in [2.05, 4.69) is 5.32 Å². The van der Waals surface area contributed by atoms with Gasteiger partial charge in [0.05, 0.1) is 11.4 Å². The summed E-state index contributed by atoms with van der Waals surface area (Å²) in [4.78, 5) is 26.1. The van der Waals surface area contributed by atoms with Gasteiger partial charge in [-0.05, 0) is 49.9 Å². The minimum Gasteiger partial charge on any atom is -0.343 e. The van der Waals surface area contributed by atoms with Crippen molar-refractivity contribution in [1.82, 2.24) is 14.5 Å². The number of hydrogen-bond donors (Lipinski definition) is 1. The molecule has 8 heteroatoms. The first-order valence-corrected chi connectivity index (χ1v) is 10.6. The number of hydrogen-bond acceptors (Lipinski definition) is 4. The monoisotopic (exact) mass is 379 g/mol. The molecule has 142 valence electrons. The summed E-state index contributed by atoms with van der Waals surface area (Å²) in [7, 11) is -3.50. The van der Waals surface area contributed by atoms with Crippen molar-refractivity contribution in [2.75, 3.05) is 32.7 Å². The third-order valence-corrected chi connectivity index (χ3v) is 6.84. The van der Waals surface area contributed by atoms with Crippen LogP contribution in [0.1, 0.15) is 42.5 Å². The summed E-state index contributed by atoms with van der Waals surface area (Å²) < 4.78 is 26.7. The van der Waals surface area contributed by atoms with Crippen molar-refractivity contribution in [3.63, 3.8) is 0 Å². The predicted octanol–water partition coefficient (Wildman–Crippen LogP) is 1.21. The minimum absolute atomic E-state index is 0.0351. The standard InChI is InChI=1S/C18H25N3O4S/c22-17(20-10-4-5-11-20)14-19-18(23)15-6-8-16(9-7-15)26(24,25)21-12-2-1-3-13-21/h6-9H,1-5,10-14H2,(H,19,23). The van der Waals surface area contributed by atoms with Gasteiger partial charge in [0.1, 0.15) is 0 Å². The maximum absolute atomic E-state index is 12.6.